The van der Waals surface area contributed by atoms with Crippen molar-refractivity contribution < 1.29 is 19.1 Å². The highest BCUT2D eigenvalue weighted by Gasteiger charge is 2.27. The van der Waals surface area contributed by atoms with Gasteiger partial charge in [0.05, 0.1) is 20.3 Å². The molecule has 0 aromatic heterocycles. The molecule has 1 fully saturated rings. The SMILES string of the molecule is COc1ccc(NC(=O)C(=O)NCC(c2ccc3c(c2)CCCN3C)N2CCN(C)CC2)cc1OC. The van der Waals surface area contributed by atoms with Crippen LogP contribution in [0, 0.1) is 0 Å². The van der Waals surface area contributed by atoms with E-state index >= 15 is 0 Å². The summed E-state index contributed by atoms with van der Waals surface area (Å²) in [7, 11) is 7.32. The first-order chi connectivity index (χ1) is 17.4. The summed E-state index contributed by atoms with van der Waals surface area (Å²) in [6.45, 7) is 5.18. The summed E-state index contributed by atoms with van der Waals surface area (Å²) in [6, 6.07) is 11.6. The van der Waals surface area contributed by atoms with Gasteiger partial charge in [-0.25, -0.2) is 0 Å². The van der Waals surface area contributed by atoms with Crippen molar-refractivity contribution >= 4 is 23.2 Å². The van der Waals surface area contributed by atoms with E-state index in [2.05, 4.69) is 57.6 Å². The first-order valence-corrected chi connectivity index (χ1v) is 12.5. The lowest BCUT2D eigenvalue weighted by Gasteiger charge is -2.39. The van der Waals surface area contributed by atoms with Gasteiger partial charge in [0, 0.05) is 63.8 Å². The van der Waals surface area contributed by atoms with Gasteiger partial charge in [0.1, 0.15) is 0 Å². The molecule has 9 nitrogen and oxygen atoms in total. The molecule has 2 aromatic carbocycles. The summed E-state index contributed by atoms with van der Waals surface area (Å²) < 4.78 is 10.5. The van der Waals surface area contributed by atoms with Crippen LogP contribution in [0.15, 0.2) is 36.4 Å². The molecule has 2 N–H and O–H groups in total. The summed E-state index contributed by atoms with van der Waals surface area (Å²) >= 11 is 0. The van der Waals surface area contributed by atoms with E-state index in [1.165, 1.54) is 23.9 Å². The van der Waals surface area contributed by atoms with Gasteiger partial charge in [-0.1, -0.05) is 12.1 Å². The molecule has 36 heavy (non-hydrogen) atoms. The monoisotopic (exact) mass is 495 g/mol. The van der Waals surface area contributed by atoms with Crippen LogP contribution in [-0.2, 0) is 16.0 Å². The highest BCUT2D eigenvalue weighted by atomic mass is 16.5. The van der Waals surface area contributed by atoms with Gasteiger partial charge in [0.15, 0.2) is 11.5 Å². The molecule has 2 amide bonds. The number of likely N-dealkylation sites (N-methyl/N-ethyl adjacent to an activating group) is 1. The lowest BCUT2D eigenvalue weighted by Crippen LogP contribution is -2.49. The molecule has 0 radical (unpaired) electrons. The maximum atomic E-state index is 12.8. The van der Waals surface area contributed by atoms with Gasteiger partial charge >= 0.3 is 11.8 Å². The zero-order valence-corrected chi connectivity index (χ0v) is 21.7. The molecule has 0 aliphatic carbocycles. The van der Waals surface area contributed by atoms with Crippen molar-refractivity contribution in [2.75, 3.05) is 77.8 Å². The smallest absolute Gasteiger partial charge is 0.313 e. The fourth-order valence-corrected chi connectivity index (χ4v) is 4.98. The van der Waals surface area contributed by atoms with E-state index in [4.69, 9.17) is 9.47 Å². The minimum Gasteiger partial charge on any atom is -0.493 e. The Bertz CT molecular complexity index is 1080. The maximum Gasteiger partial charge on any atom is 0.313 e. The number of methoxy groups -OCH3 is 2. The Hall–Kier alpha value is -3.30. The number of benzene rings is 2. The van der Waals surface area contributed by atoms with Gasteiger partial charge in [-0.2, -0.15) is 0 Å². The molecule has 4 rings (SSSR count). The van der Waals surface area contributed by atoms with E-state index in [0.29, 0.717) is 23.7 Å². The molecular formula is C27H37N5O4. The van der Waals surface area contributed by atoms with E-state index in [9.17, 15) is 9.59 Å². The van der Waals surface area contributed by atoms with Gasteiger partial charge in [0.25, 0.3) is 0 Å². The van der Waals surface area contributed by atoms with Crippen LogP contribution in [0.5, 0.6) is 11.5 Å². The van der Waals surface area contributed by atoms with Gasteiger partial charge in [-0.3, -0.25) is 14.5 Å². The number of hydrogen-bond donors (Lipinski definition) is 2. The van der Waals surface area contributed by atoms with E-state index in [0.717, 1.165) is 45.6 Å². The van der Waals surface area contributed by atoms with E-state index in [-0.39, 0.29) is 6.04 Å². The number of hydrogen-bond acceptors (Lipinski definition) is 7. The minimum atomic E-state index is -0.716. The molecule has 2 aromatic rings. The first kappa shape index (κ1) is 25.8. The molecule has 194 valence electrons. The normalized spacial score (nSPS) is 17.2. The van der Waals surface area contributed by atoms with Crippen molar-refractivity contribution in [2.24, 2.45) is 0 Å². The van der Waals surface area contributed by atoms with Crippen molar-refractivity contribution in [3.63, 3.8) is 0 Å². The summed E-state index contributed by atoms with van der Waals surface area (Å²) in [6.07, 6.45) is 2.20. The van der Waals surface area contributed by atoms with Crippen molar-refractivity contribution in [2.45, 2.75) is 18.9 Å². The van der Waals surface area contributed by atoms with Crippen LogP contribution < -0.4 is 25.0 Å². The third-order valence-electron chi connectivity index (χ3n) is 7.12. The molecule has 1 unspecified atom stereocenters. The highest BCUT2D eigenvalue weighted by molar-refractivity contribution is 6.39. The number of anilines is 2. The average Bonchev–Trinajstić information content (AvgIpc) is 2.89. The van der Waals surface area contributed by atoms with Crippen molar-refractivity contribution in [1.82, 2.24) is 15.1 Å². The first-order valence-electron chi connectivity index (χ1n) is 12.5. The van der Waals surface area contributed by atoms with Crippen LogP contribution in [0.4, 0.5) is 11.4 Å². The molecule has 9 heteroatoms. The number of carbonyl (C=O) groups excluding carboxylic acids is 2. The Balaban J connectivity index is 1.46. The summed E-state index contributed by atoms with van der Waals surface area (Å²) in [4.78, 5) is 32.4. The number of piperazine rings is 1. The third kappa shape index (κ3) is 5.91. The highest BCUT2D eigenvalue weighted by Crippen LogP contribution is 2.31. The predicted molar refractivity (Wildman–Crippen MR) is 141 cm³/mol. The topological polar surface area (TPSA) is 86.4 Å². The predicted octanol–water partition coefficient (Wildman–Crippen LogP) is 2.13. The lowest BCUT2D eigenvalue weighted by atomic mass is 9.95. The van der Waals surface area contributed by atoms with Crippen LogP contribution in [-0.4, -0.2) is 89.2 Å². The number of rotatable bonds is 7. The molecule has 2 aliphatic rings. The van der Waals surface area contributed by atoms with E-state index in [1.54, 1.807) is 25.3 Å². The summed E-state index contributed by atoms with van der Waals surface area (Å²) in [5, 5.41) is 5.53. The number of carbonyl (C=O) groups is 2. The van der Waals surface area contributed by atoms with Crippen LogP contribution >= 0.6 is 0 Å². The van der Waals surface area contributed by atoms with E-state index in [1.807, 2.05) is 0 Å². The number of aryl methyl sites for hydroxylation is 1. The number of fused-ring (bicyclic) bond motifs is 1. The van der Waals surface area contributed by atoms with Gasteiger partial charge in [-0.15, -0.1) is 0 Å². The molecule has 1 atom stereocenters. The van der Waals surface area contributed by atoms with Crippen LogP contribution in [0.1, 0.15) is 23.6 Å². The van der Waals surface area contributed by atoms with Crippen molar-refractivity contribution in [3.8, 4) is 11.5 Å². The average molecular weight is 496 g/mol. The van der Waals surface area contributed by atoms with Gasteiger partial charge < -0.3 is 29.9 Å². The quantitative estimate of drug-likeness (QED) is 0.569. The Labute approximate surface area is 213 Å². The molecule has 1 saturated heterocycles. The fraction of sp³-hybridized carbons (Fsp3) is 0.481. The largest absolute Gasteiger partial charge is 0.493 e. The molecule has 0 saturated carbocycles. The van der Waals surface area contributed by atoms with Gasteiger partial charge in [-0.05, 0) is 49.2 Å². The summed E-state index contributed by atoms with van der Waals surface area (Å²) in [5.74, 6) is -0.358. The summed E-state index contributed by atoms with van der Waals surface area (Å²) in [5.41, 5.74) is 4.26. The molecule has 2 aliphatic heterocycles. The minimum absolute atomic E-state index is 0.00550. The number of nitrogens with one attached hydrogen (secondary N) is 2. The zero-order valence-electron chi connectivity index (χ0n) is 21.7. The number of ether oxygens (including phenoxy) is 2. The maximum absolute atomic E-state index is 12.8. The fourth-order valence-electron chi connectivity index (χ4n) is 4.98. The Morgan fingerprint density at radius 2 is 1.67 bits per heavy atom. The van der Waals surface area contributed by atoms with Crippen LogP contribution in [0.2, 0.25) is 0 Å². The molecule has 0 bridgehead atoms. The molecule has 0 spiro atoms. The Kier molecular flexibility index (Phi) is 8.32. The van der Waals surface area contributed by atoms with Gasteiger partial charge in [0.2, 0.25) is 0 Å². The second kappa shape index (κ2) is 11.6. The van der Waals surface area contributed by atoms with E-state index < -0.39 is 11.8 Å². The standard InChI is InChI=1S/C27H37N5O4/c1-30-12-14-32(15-13-30)23(20-7-9-22-19(16-20)6-5-11-31(22)2)18-28-26(33)27(34)29-21-8-10-24(35-3)25(17-21)36-4/h7-10,16-17,23H,5-6,11-15,18H2,1-4H3,(H,28,33)(H,29,34). The second-order valence-corrected chi connectivity index (χ2v) is 9.50. The lowest BCUT2D eigenvalue weighted by molar-refractivity contribution is -0.136. The third-order valence-corrected chi connectivity index (χ3v) is 7.12. The van der Waals surface area contributed by atoms with Crippen molar-refractivity contribution in [3.05, 3.63) is 47.5 Å². The second-order valence-electron chi connectivity index (χ2n) is 9.50. The Morgan fingerprint density at radius 1 is 0.917 bits per heavy atom. The molecular weight excluding hydrogens is 458 g/mol. The van der Waals surface area contributed by atoms with Crippen LogP contribution in [0.3, 0.4) is 0 Å². The Morgan fingerprint density at radius 3 is 2.39 bits per heavy atom. The number of nitrogens with zero attached hydrogens (tertiary/aromatic N) is 3. The number of amides is 2. The van der Waals surface area contributed by atoms with Crippen molar-refractivity contribution in [1.29, 1.82) is 0 Å². The zero-order chi connectivity index (χ0) is 25.7. The molecule has 2 heterocycles. The van der Waals surface area contributed by atoms with Crippen LogP contribution in [0.25, 0.3) is 0 Å².